The van der Waals surface area contributed by atoms with Crippen LogP contribution >= 0.6 is 0 Å². The van der Waals surface area contributed by atoms with Crippen molar-refractivity contribution in [1.29, 1.82) is 0 Å². The second kappa shape index (κ2) is 11.2. The Morgan fingerprint density at radius 1 is 1.26 bits per heavy atom. The minimum atomic E-state index is 0.213. The molecule has 0 aliphatic carbocycles. The lowest BCUT2D eigenvalue weighted by atomic mass is 10.2. The monoisotopic (exact) mass is 317 g/mol. The van der Waals surface area contributed by atoms with Crippen molar-refractivity contribution in [2.24, 2.45) is 4.99 Å². The summed E-state index contributed by atoms with van der Waals surface area (Å²) in [4.78, 5) is 4.59. The summed E-state index contributed by atoms with van der Waals surface area (Å²) in [6.45, 7) is 6.73. The Balaban J connectivity index is 2.76. The summed E-state index contributed by atoms with van der Waals surface area (Å²) < 4.78 is 10.8. The Labute approximate surface area is 139 Å². The van der Waals surface area contributed by atoms with Gasteiger partial charge in [0.2, 0.25) is 0 Å². The molecule has 0 spiro atoms. The molecule has 0 amide bonds. The van der Waals surface area contributed by atoms with E-state index in [0.717, 1.165) is 37.5 Å². The van der Waals surface area contributed by atoms with Crippen molar-refractivity contribution in [3.8, 4) is 23.8 Å². The SMILES string of the molecule is C#CCOc1cc(CN=C(NCC)NCCCC)ccc1OC. The van der Waals surface area contributed by atoms with Crippen molar-refractivity contribution in [2.75, 3.05) is 26.8 Å². The van der Waals surface area contributed by atoms with Gasteiger partial charge in [0.15, 0.2) is 17.5 Å². The number of methoxy groups -OCH3 is 1. The van der Waals surface area contributed by atoms with Gasteiger partial charge in [0, 0.05) is 13.1 Å². The molecule has 126 valence electrons. The minimum absolute atomic E-state index is 0.213. The summed E-state index contributed by atoms with van der Waals surface area (Å²) in [7, 11) is 1.61. The average molecular weight is 317 g/mol. The van der Waals surface area contributed by atoms with Crippen LogP contribution < -0.4 is 20.1 Å². The number of hydrogen-bond donors (Lipinski definition) is 2. The van der Waals surface area contributed by atoms with Crippen molar-refractivity contribution in [3.05, 3.63) is 23.8 Å². The van der Waals surface area contributed by atoms with E-state index in [9.17, 15) is 0 Å². The molecular weight excluding hydrogens is 290 g/mol. The lowest BCUT2D eigenvalue weighted by Gasteiger charge is -2.12. The van der Waals surface area contributed by atoms with Crippen molar-refractivity contribution < 1.29 is 9.47 Å². The van der Waals surface area contributed by atoms with Gasteiger partial charge >= 0.3 is 0 Å². The minimum Gasteiger partial charge on any atom is -0.493 e. The molecule has 1 rings (SSSR count). The molecule has 0 saturated carbocycles. The fourth-order valence-corrected chi connectivity index (χ4v) is 1.95. The zero-order chi connectivity index (χ0) is 16.9. The third kappa shape index (κ3) is 6.96. The van der Waals surface area contributed by atoms with E-state index >= 15 is 0 Å². The van der Waals surface area contributed by atoms with Gasteiger partial charge in [-0.25, -0.2) is 4.99 Å². The summed E-state index contributed by atoms with van der Waals surface area (Å²) in [6, 6.07) is 5.75. The molecule has 2 N–H and O–H groups in total. The van der Waals surface area contributed by atoms with Gasteiger partial charge in [-0.1, -0.05) is 25.3 Å². The maximum atomic E-state index is 5.51. The predicted octanol–water partition coefficient (Wildman–Crippen LogP) is 2.56. The second-order valence-corrected chi connectivity index (χ2v) is 4.95. The second-order valence-electron chi connectivity index (χ2n) is 4.95. The lowest BCUT2D eigenvalue weighted by molar-refractivity contribution is 0.330. The third-order valence-electron chi connectivity index (χ3n) is 3.13. The van der Waals surface area contributed by atoms with Gasteiger partial charge < -0.3 is 20.1 Å². The summed E-state index contributed by atoms with van der Waals surface area (Å²) >= 11 is 0. The summed E-state index contributed by atoms with van der Waals surface area (Å²) in [6.07, 6.45) is 7.52. The predicted molar refractivity (Wildman–Crippen MR) is 95.0 cm³/mol. The smallest absolute Gasteiger partial charge is 0.191 e. The molecule has 0 bridgehead atoms. The number of nitrogens with one attached hydrogen (secondary N) is 2. The Kier molecular flexibility index (Phi) is 9.14. The first kappa shape index (κ1) is 18.7. The highest BCUT2D eigenvalue weighted by atomic mass is 16.5. The molecule has 1 aromatic carbocycles. The van der Waals surface area contributed by atoms with Crippen molar-refractivity contribution in [3.63, 3.8) is 0 Å². The topological polar surface area (TPSA) is 54.9 Å². The number of terminal acetylenes is 1. The molecule has 0 aromatic heterocycles. The van der Waals surface area contributed by atoms with Crippen LogP contribution in [0.3, 0.4) is 0 Å². The Morgan fingerprint density at radius 3 is 2.74 bits per heavy atom. The van der Waals surface area contributed by atoms with Crippen LogP contribution in [0.2, 0.25) is 0 Å². The lowest BCUT2D eigenvalue weighted by Crippen LogP contribution is -2.37. The molecule has 0 radical (unpaired) electrons. The number of unbranched alkanes of at least 4 members (excludes halogenated alkanes) is 1. The molecule has 5 nitrogen and oxygen atoms in total. The van der Waals surface area contributed by atoms with Crippen molar-refractivity contribution >= 4 is 5.96 Å². The van der Waals surface area contributed by atoms with Crippen LogP contribution in [-0.4, -0.2) is 32.8 Å². The third-order valence-corrected chi connectivity index (χ3v) is 3.13. The van der Waals surface area contributed by atoms with Crippen molar-refractivity contribution in [1.82, 2.24) is 10.6 Å². The van der Waals surface area contributed by atoms with Gasteiger partial charge in [-0.15, -0.1) is 6.42 Å². The van der Waals surface area contributed by atoms with Gasteiger partial charge in [0.1, 0.15) is 6.61 Å². The van der Waals surface area contributed by atoms with Gasteiger partial charge in [-0.2, -0.15) is 0 Å². The van der Waals surface area contributed by atoms with Gasteiger partial charge in [-0.05, 0) is 31.0 Å². The number of guanidine groups is 1. The van der Waals surface area contributed by atoms with Gasteiger partial charge in [-0.3, -0.25) is 0 Å². The molecule has 0 heterocycles. The molecule has 0 unspecified atom stereocenters. The summed E-state index contributed by atoms with van der Waals surface area (Å²) in [5.41, 5.74) is 1.03. The van der Waals surface area contributed by atoms with Crippen LogP contribution in [0, 0.1) is 12.3 Å². The zero-order valence-corrected chi connectivity index (χ0v) is 14.3. The Hall–Kier alpha value is -2.35. The zero-order valence-electron chi connectivity index (χ0n) is 14.3. The fourth-order valence-electron chi connectivity index (χ4n) is 1.95. The summed E-state index contributed by atoms with van der Waals surface area (Å²) in [5, 5.41) is 6.56. The van der Waals surface area contributed by atoms with Crippen LogP contribution in [-0.2, 0) is 6.54 Å². The Bertz CT molecular complexity index is 536. The first-order valence-corrected chi connectivity index (χ1v) is 8.00. The van der Waals surface area contributed by atoms with Crippen molar-refractivity contribution in [2.45, 2.75) is 33.2 Å². The van der Waals surface area contributed by atoms with E-state index in [4.69, 9.17) is 15.9 Å². The van der Waals surface area contributed by atoms with E-state index in [1.54, 1.807) is 7.11 Å². The number of benzene rings is 1. The van der Waals surface area contributed by atoms with Crippen LogP contribution in [0.1, 0.15) is 32.3 Å². The molecule has 23 heavy (non-hydrogen) atoms. The highest BCUT2D eigenvalue weighted by molar-refractivity contribution is 5.79. The number of ether oxygens (including phenoxy) is 2. The normalized spacial score (nSPS) is 10.8. The van der Waals surface area contributed by atoms with E-state index < -0.39 is 0 Å². The highest BCUT2D eigenvalue weighted by Gasteiger charge is 2.05. The van der Waals surface area contributed by atoms with E-state index in [1.807, 2.05) is 18.2 Å². The standard InChI is InChI=1S/C18H27N3O2/c1-5-8-11-20-18(19-7-3)21-14-15-9-10-16(22-4)17(13-15)23-12-6-2/h2,9-10,13H,5,7-8,11-12,14H2,1,3-4H3,(H2,19,20,21). The van der Waals surface area contributed by atoms with Gasteiger partial charge in [0.05, 0.1) is 13.7 Å². The quantitative estimate of drug-likeness (QED) is 0.318. The molecule has 0 aliphatic rings. The Morgan fingerprint density at radius 2 is 2.09 bits per heavy atom. The van der Waals surface area contributed by atoms with Crippen LogP contribution in [0.25, 0.3) is 0 Å². The average Bonchev–Trinajstić information content (AvgIpc) is 2.58. The molecule has 0 aliphatic heterocycles. The summed E-state index contributed by atoms with van der Waals surface area (Å²) in [5.74, 6) is 4.59. The molecule has 0 atom stereocenters. The number of rotatable bonds is 9. The molecule has 5 heteroatoms. The first-order valence-electron chi connectivity index (χ1n) is 8.00. The largest absolute Gasteiger partial charge is 0.493 e. The highest BCUT2D eigenvalue weighted by Crippen LogP contribution is 2.28. The van der Waals surface area contributed by atoms with Crippen LogP contribution in [0.5, 0.6) is 11.5 Å². The van der Waals surface area contributed by atoms with E-state index in [2.05, 4.69) is 35.4 Å². The fraction of sp³-hybridized carbons (Fsp3) is 0.500. The maximum Gasteiger partial charge on any atom is 0.191 e. The molecule has 0 fully saturated rings. The number of aliphatic imine (C=N–C) groups is 1. The number of hydrogen-bond acceptors (Lipinski definition) is 3. The van der Waals surface area contributed by atoms with Crippen LogP contribution in [0.15, 0.2) is 23.2 Å². The van der Waals surface area contributed by atoms with E-state index in [0.29, 0.717) is 18.0 Å². The maximum absolute atomic E-state index is 5.51. The van der Waals surface area contributed by atoms with Crippen LogP contribution in [0.4, 0.5) is 0 Å². The van der Waals surface area contributed by atoms with E-state index in [-0.39, 0.29) is 6.61 Å². The first-order chi connectivity index (χ1) is 11.2. The number of nitrogens with zero attached hydrogens (tertiary/aromatic N) is 1. The molecule has 0 saturated heterocycles. The van der Waals surface area contributed by atoms with Gasteiger partial charge in [0.25, 0.3) is 0 Å². The molecular formula is C18H27N3O2. The molecule has 1 aromatic rings. The van der Waals surface area contributed by atoms with E-state index in [1.165, 1.54) is 0 Å².